The summed E-state index contributed by atoms with van der Waals surface area (Å²) in [5.41, 5.74) is 3.42. The summed E-state index contributed by atoms with van der Waals surface area (Å²) in [6.07, 6.45) is 4.14. The molecule has 1 aliphatic heterocycles. The quantitative estimate of drug-likeness (QED) is 0.522. The first-order valence-corrected chi connectivity index (χ1v) is 12.4. The number of carbonyl (C=O) groups excluding carboxylic acids is 1. The van der Waals surface area contributed by atoms with E-state index < -0.39 is 0 Å². The Hall–Kier alpha value is -2.28. The van der Waals surface area contributed by atoms with Gasteiger partial charge in [-0.25, -0.2) is 9.97 Å². The van der Waals surface area contributed by atoms with E-state index in [2.05, 4.69) is 42.8 Å². The van der Waals surface area contributed by atoms with Crippen molar-refractivity contribution in [1.29, 1.82) is 0 Å². The number of carbonyl (C=O) groups is 1. The minimum atomic E-state index is 0.111. The van der Waals surface area contributed by atoms with Crippen LogP contribution in [0.2, 0.25) is 5.02 Å². The van der Waals surface area contributed by atoms with E-state index in [0.717, 1.165) is 51.8 Å². The van der Waals surface area contributed by atoms with Crippen molar-refractivity contribution in [1.82, 2.24) is 14.9 Å². The van der Waals surface area contributed by atoms with Gasteiger partial charge in [-0.1, -0.05) is 24.6 Å². The Morgan fingerprint density at radius 3 is 2.78 bits per heavy atom. The van der Waals surface area contributed by atoms with Gasteiger partial charge >= 0.3 is 0 Å². The maximum atomic E-state index is 13.0. The number of ketones is 1. The SMILES string of the molecule is CCC1CN(C)C(C)CN1c1ccc2c(n1)CCC(=O)C(c1nc3c(Cl)cccc3s1)=C2. The molecule has 7 heteroatoms. The maximum absolute atomic E-state index is 13.0. The number of pyridine rings is 1. The summed E-state index contributed by atoms with van der Waals surface area (Å²) < 4.78 is 0.994. The van der Waals surface area contributed by atoms with E-state index in [-0.39, 0.29) is 5.78 Å². The highest BCUT2D eigenvalue weighted by molar-refractivity contribution is 7.20. The molecule has 166 valence electrons. The summed E-state index contributed by atoms with van der Waals surface area (Å²) in [5, 5.41) is 1.35. The molecule has 2 unspecified atom stereocenters. The Labute approximate surface area is 197 Å². The largest absolute Gasteiger partial charge is 0.351 e. The van der Waals surface area contributed by atoms with Crippen LogP contribution in [0.15, 0.2) is 30.3 Å². The van der Waals surface area contributed by atoms with Gasteiger partial charge in [0.15, 0.2) is 5.78 Å². The number of aromatic nitrogens is 2. The average molecular weight is 467 g/mol. The Morgan fingerprint density at radius 1 is 1.16 bits per heavy atom. The highest BCUT2D eigenvalue weighted by atomic mass is 35.5. The van der Waals surface area contributed by atoms with Crippen LogP contribution in [0.3, 0.4) is 0 Å². The van der Waals surface area contributed by atoms with Crippen LogP contribution in [0.1, 0.15) is 43.0 Å². The lowest BCUT2D eigenvalue weighted by atomic mass is 10.0. The highest BCUT2D eigenvalue weighted by Gasteiger charge is 2.30. The Balaban J connectivity index is 1.51. The summed E-state index contributed by atoms with van der Waals surface area (Å²) >= 11 is 7.83. The molecule has 0 saturated carbocycles. The molecule has 2 aromatic heterocycles. The predicted molar refractivity (Wildman–Crippen MR) is 134 cm³/mol. The number of fused-ring (bicyclic) bond motifs is 2. The molecule has 2 atom stereocenters. The third-order valence-corrected chi connectivity index (χ3v) is 8.06. The summed E-state index contributed by atoms with van der Waals surface area (Å²) in [6.45, 7) is 6.51. The summed E-state index contributed by atoms with van der Waals surface area (Å²) in [6, 6.07) is 10.9. The van der Waals surface area contributed by atoms with E-state index >= 15 is 0 Å². The van der Waals surface area contributed by atoms with E-state index in [9.17, 15) is 4.79 Å². The number of benzene rings is 1. The maximum Gasteiger partial charge on any atom is 0.166 e. The minimum absolute atomic E-state index is 0.111. The smallest absolute Gasteiger partial charge is 0.166 e. The lowest BCUT2D eigenvalue weighted by Crippen LogP contribution is -2.56. The van der Waals surface area contributed by atoms with Crippen LogP contribution in [0.5, 0.6) is 0 Å². The van der Waals surface area contributed by atoms with Crippen LogP contribution in [0.4, 0.5) is 5.82 Å². The molecular formula is C25H27ClN4OS. The molecular weight excluding hydrogens is 440 g/mol. The number of thiazole rings is 1. The normalized spacial score (nSPS) is 22.1. The van der Waals surface area contributed by atoms with Gasteiger partial charge in [0, 0.05) is 31.6 Å². The number of aryl methyl sites for hydroxylation is 1. The average Bonchev–Trinajstić information content (AvgIpc) is 3.15. The molecule has 2 aliphatic rings. The Morgan fingerprint density at radius 2 is 2.00 bits per heavy atom. The lowest BCUT2D eigenvalue weighted by molar-refractivity contribution is -0.113. The predicted octanol–water partition coefficient (Wildman–Crippen LogP) is 5.32. The standard InChI is InChI=1S/C25H27ClN4OS/c1-4-17-14-29(3)15(2)13-30(17)23-11-8-16-12-18(21(31)10-9-20(16)27-23)25-28-24-19(26)6-5-7-22(24)32-25/h5-8,11-12,15,17H,4,9-10,13-14H2,1-3H3. The molecule has 0 bridgehead atoms. The number of allylic oxidation sites excluding steroid dienone is 1. The summed E-state index contributed by atoms with van der Waals surface area (Å²) in [4.78, 5) is 27.6. The summed E-state index contributed by atoms with van der Waals surface area (Å²) in [5.74, 6) is 1.13. The van der Waals surface area contributed by atoms with Gasteiger partial charge in [0.05, 0.1) is 21.0 Å². The molecule has 0 N–H and O–H groups in total. The fraction of sp³-hybridized carbons (Fsp3) is 0.400. The molecule has 3 heterocycles. The second kappa shape index (κ2) is 8.58. The van der Waals surface area contributed by atoms with Gasteiger partial charge in [-0.15, -0.1) is 11.3 Å². The number of anilines is 1. The molecule has 1 aliphatic carbocycles. The first-order chi connectivity index (χ1) is 15.4. The fourth-order valence-corrected chi connectivity index (χ4v) is 5.92. The highest BCUT2D eigenvalue weighted by Crippen LogP contribution is 2.35. The zero-order valence-corrected chi connectivity index (χ0v) is 20.2. The van der Waals surface area contributed by atoms with Gasteiger partial charge in [-0.05, 0) is 62.7 Å². The molecule has 5 nitrogen and oxygen atoms in total. The van der Waals surface area contributed by atoms with E-state index in [1.807, 2.05) is 24.3 Å². The van der Waals surface area contributed by atoms with Crippen molar-refractivity contribution in [3.05, 3.63) is 51.6 Å². The van der Waals surface area contributed by atoms with Crippen LogP contribution in [-0.4, -0.2) is 52.9 Å². The van der Waals surface area contributed by atoms with Crippen molar-refractivity contribution in [2.75, 3.05) is 25.0 Å². The number of rotatable bonds is 3. The number of nitrogens with zero attached hydrogens (tertiary/aromatic N) is 4. The monoisotopic (exact) mass is 466 g/mol. The Kier molecular flexibility index (Phi) is 5.78. The second-order valence-electron chi connectivity index (χ2n) is 8.80. The third-order valence-electron chi connectivity index (χ3n) is 6.70. The van der Waals surface area contributed by atoms with Crippen molar-refractivity contribution in [3.63, 3.8) is 0 Å². The van der Waals surface area contributed by atoms with Crippen LogP contribution >= 0.6 is 22.9 Å². The van der Waals surface area contributed by atoms with Gasteiger partial charge in [0.2, 0.25) is 0 Å². The van der Waals surface area contributed by atoms with Crippen LogP contribution in [-0.2, 0) is 11.2 Å². The van der Waals surface area contributed by atoms with E-state index in [4.69, 9.17) is 21.6 Å². The molecule has 1 saturated heterocycles. The zero-order valence-electron chi connectivity index (χ0n) is 18.6. The van der Waals surface area contributed by atoms with Crippen LogP contribution in [0, 0.1) is 0 Å². The molecule has 1 fully saturated rings. The molecule has 0 radical (unpaired) electrons. The first kappa shape index (κ1) is 21.6. The van der Waals surface area contributed by atoms with Gasteiger partial charge in [-0.2, -0.15) is 0 Å². The third kappa shape index (κ3) is 3.85. The van der Waals surface area contributed by atoms with E-state index in [1.54, 1.807) is 0 Å². The number of likely N-dealkylation sites (N-methyl/N-ethyl adjacent to an activating group) is 1. The van der Waals surface area contributed by atoms with Crippen molar-refractivity contribution in [2.45, 2.75) is 45.2 Å². The second-order valence-corrected chi connectivity index (χ2v) is 10.2. The number of piperazine rings is 1. The van der Waals surface area contributed by atoms with Gasteiger partial charge in [0.25, 0.3) is 0 Å². The number of hydrogen-bond donors (Lipinski definition) is 0. The van der Waals surface area contributed by atoms with E-state index in [1.165, 1.54) is 11.3 Å². The number of Topliss-reactive ketones (excluding diaryl/α,β-unsaturated/α-hetero) is 1. The van der Waals surface area contributed by atoms with Crippen molar-refractivity contribution < 1.29 is 4.79 Å². The lowest BCUT2D eigenvalue weighted by Gasteiger charge is -2.44. The zero-order chi connectivity index (χ0) is 22.4. The van der Waals surface area contributed by atoms with Crippen LogP contribution < -0.4 is 4.90 Å². The van der Waals surface area contributed by atoms with Gasteiger partial charge in [-0.3, -0.25) is 9.69 Å². The van der Waals surface area contributed by atoms with Gasteiger partial charge in [0.1, 0.15) is 16.3 Å². The number of hydrogen-bond acceptors (Lipinski definition) is 6. The van der Waals surface area contributed by atoms with E-state index in [0.29, 0.717) is 35.5 Å². The fourth-order valence-electron chi connectivity index (χ4n) is 4.62. The van der Waals surface area contributed by atoms with Gasteiger partial charge < -0.3 is 4.90 Å². The molecule has 5 rings (SSSR count). The molecule has 0 amide bonds. The minimum Gasteiger partial charge on any atom is -0.351 e. The summed E-state index contributed by atoms with van der Waals surface area (Å²) in [7, 11) is 2.20. The molecule has 3 aromatic rings. The molecule has 1 aromatic carbocycles. The molecule has 32 heavy (non-hydrogen) atoms. The van der Waals surface area contributed by atoms with Crippen molar-refractivity contribution in [2.24, 2.45) is 0 Å². The topological polar surface area (TPSA) is 49.3 Å². The first-order valence-electron chi connectivity index (χ1n) is 11.2. The molecule has 0 spiro atoms. The van der Waals surface area contributed by atoms with Crippen LogP contribution in [0.25, 0.3) is 21.9 Å². The number of halogens is 1. The Bertz CT molecular complexity index is 1220. The van der Waals surface area contributed by atoms with Crippen molar-refractivity contribution in [3.8, 4) is 0 Å². The van der Waals surface area contributed by atoms with Crippen molar-refractivity contribution >= 4 is 56.4 Å². The number of para-hydroxylation sites is 1.